The number of nitrogens with one attached hydrogen (secondary N) is 3. The summed E-state index contributed by atoms with van der Waals surface area (Å²) in [6.07, 6.45) is -35.2. The molecule has 0 saturated heterocycles. The summed E-state index contributed by atoms with van der Waals surface area (Å²) in [6, 6.07) is -2.46. The van der Waals surface area contributed by atoms with Gasteiger partial charge >= 0.3 is 30.8 Å². The van der Waals surface area contributed by atoms with E-state index < -0.39 is 109 Å². The van der Waals surface area contributed by atoms with Gasteiger partial charge in [0.2, 0.25) is 12.2 Å². The molecule has 0 radical (unpaired) electrons. The van der Waals surface area contributed by atoms with Crippen LogP contribution < -0.4 is 21.7 Å². The van der Waals surface area contributed by atoms with Crippen LogP contribution in [0.4, 0.5) is 57.5 Å². The van der Waals surface area contributed by atoms with Gasteiger partial charge in [-0.3, -0.25) is 9.59 Å². The predicted molar refractivity (Wildman–Crippen MR) is 197 cm³/mol. The van der Waals surface area contributed by atoms with Crippen LogP contribution in [0.5, 0.6) is 0 Å². The first-order valence-corrected chi connectivity index (χ1v) is 17.6. The molecule has 0 aromatic carbocycles. The van der Waals surface area contributed by atoms with Crippen LogP contribution in [0.15, 0.2) is 0 Å². The Hall–Kier alpha value is -2.91. The van der Waals surface area contributed by atoms with Gasteiger partial charge in [0.05, 0.1) is 37.5 Å². The lowest BCUT2D eigenvalue weighted by molar-refractivity contribution is -0.325. The number of halogens is 12. The van der Waals surface area contributed by atoms with Crippen LogP contribution >= 0.6 is 0 Å². The summed E-state index contributed by atoms with van der Waals surface area (Å²) in [6.45, 7) is 7.95. The Morgan fingerprint density at radius 3 is 1.16 bits per heavy atom. The lowest BCUT2D eigenvalue weighted by atomic mass is 10.0. The van der Waals surface area contributed by atoms with Crippen molar-refractivity contribution in [2.24, 2.45) is 5.73 Å². The van der Waals surface area contributed by atoms with Crippen LogP contribution in [0, 0.1) is 0 Å². The average molecular weight is 929 g/mol. The van der Waals surface area contributed by atoms with Gasteiger partial charge in [0, 0.05) is 20.8 Å². The summed E-state index contributed by atoms with van der Waals surface area (Å²) in [5.74, 6) is -1.47. The van der Waals surface area contributed by atoms with Crippen molar-refractivity contribution in [3.63, 3.8) is 0 Å². The monoisotopic (exact) mass is 928 g/mol. The normalized spacial score (nSPS) is 15.0. The first kappa shape index (κ1) is 64.7. The maximum atomic E-state index is 12.7. The molecule has 61 heavy (non-hydrogen) atoms. The first-order chi connectivity index (χ1) is 26.4. The second-order valence-corrected chi connectivity index (χ2v) is 14.8. The molecule has 0 bridgehead atoms. The van der Waals surface area contributed by atoms with Crippen molar-refractivity contribution in [3.05, 3.63) is 0 Å². The van der Waals surface area contributed by atoms with Gasteiger partial charge in [-0.2, -0.15) is 52.7 Å². The molecule has 26 heteroatoms. The molecule has 0 saturated carbocycles. The summed E-state index contributed by atoms with van der Waals surface area (Å²) < 4.78 is 173. The number of nitrogens with two attached hydrogens (primary N) is 1. The zero-order valence-corrected chi connectivity index (χ0v) is 33.9. The number of carbonyl (C=O) groups is 3. The predicted octanol–water partition coefficient (Wildman–Crippen LogP) is 5.85. The fourth-order valence-electron chi connectivity index (χ4n) is 4.13. The molecule has 0 aromatic rings. The molecule has 0 spiro atoms. The fraction of sp³-hybridized carbons (Fsp3) is 0.914. The van der Waals surface area contributed by atoms with Gasteiger partial charge < -0.3 is 55.6 Å². The Morgan fingerprint density at radius 1 is 0.590 bits per heavy atom. The second kappa shape index (κ2) is 26.7. The van der Waals surface area contributed by atoms with E-state index >= 15 is 0 Å². The number of methoxy groups -OCH3 is 2. The number of amides is 3. The topological polar surface area (TPSA) is 200 Å². The summed E-state index contributed by atoms with van der Waals surface area (Å²) in [5, 5.41) is 27.2. The number of alkyl carbamates (subject to hydrolysis) is 1. The van der Waals surface area contributed by atoms with Crippen LogP contribution in [0.25, 0.3) is 0 Å². The molecule has 4 atom stereocenters. The average Bonchev–Trinajstić information content (AvgIpc) is 3.04. The smallest absolute Gasteiger partial charge is 0.423 e. The molecule has 14 nitrogen and oxygen atoms in total. The highest BCUT2D eigenvalue weighted by atomic mass is 19.4. The van der Waals surface area contributed by atoms with Crippen molar-refractivity contribution in [2.45, 2.75) is 167 Å². The molecule has 7 N–H and O–H groups in total. The number of carbonyl (C=O) groups excluding carboxylic acids is 3. The fourth-order valence-corrected chi connectivity index (χ4v) is 4.13. The van der Waals surface area contributed by atoms with Gasteiger partial charge in [-0.25, -0.2) is 4.79 Å². The minimum absolute atomic E-state index is 0. The number of hydrogen-bond donors (Lipinski definition) is 6. The minimum Gasteiger partial charge on any atom is -0.444 e. The van der Waals surface area contributed by atoms with E-state index in [2.05, 4.69) is 25.4 Å². The zero-order chi connectivity index (χ0) is 47.0. The molecule has 0 aliphatic heterocycles. The number of ether oxygens (including phenoxy) is 5. The molecule has 3 amide bonds. The zero-order valence-electron chi connectivity index (χ0n) is 33.9. The van der Waals surface area contributed by atoms with Gasteiger partial charge in [-0.15, -0.1) is 0 Å². The molecular formula is C35H64F12N4O10. The number of rotatable bonds is 21. The van der Waals surface area contributed by atoms with E-state index in [9.17, 15) is 77.3 Å². The summed E-state index contributed by atoms with van der Waals surface area (Å²) >= 11 is 0. The van der Waals surface area contributed by atoms with Crippen molar-refractivity contribution >= 4 is 17.9 Å². The maximum absolute atomic E-state index is 12.7. The molecule has 0 aliphatic rings. The molecule has 0 rings (SSSR count). The second-order valence-electron chi connectivity index (χ2n) is 14.8. The number of alkyl halides is 12. The summed E-state index contributed by atoms with van der Waals surface area (Å²) in [7, 11) is 2.46. The molecule has 0 aliphatic carbocycles. The summed E-state index contributed by atoms with van der Waals surface area (Å²) in [4.78, 5) is 36.0. The minimum atomic E-state index is -5.74. The number of aliphatic hydroxyl groups is 2. The van der Waals surface area contributed by atoms with E-state index in [0.29, 0.717) is 0 Å². The highest BCUT2D eigenvalue weighted by molar-refractivity contribution is 5.85. The Balaban J connectivity index is -0.000000529. The maximum Gasteiger partial charge on any atom is 0.423 e. The van der Waals surface area contributed by atoms with Crippen molar-refractivity contribution in [3.8, 4) is 0 Å². The molecule has 0 heterocycles. The van der Waals surface area contributed by atoms with Crippen LogP contribution in [0.3, 0.4) is 0 Å². The Kier molecular flexibility index (Phi) is 28.3. The van der Waals surface area contributed by atoms with Crippen molar-refractivity contribution in [1.29, 1.82) is 0 Å². The quantitative estimate of drug-likeness (QED) is 0.0597. The van der Waals surface area contributed by atoms with Crippen molar-refractivity contribution < 1.29 is 101 Å². The van der Waals surface area contributed by atoms with E-state index in [4.69, 9.17) is 19.9 Å². The molecule has 0 aromatic heterocycles. The number of hydrogen-bond acceptors (Lipinski definition) is 11. The van der Waals surface area contributed by atoms with E-state index in [1.807, 2.05) is 0 Å². The van der Waals surface area contributed by atoms with E-state index in [1.54, 1.807) is 20.8 Å². The third-order valence-corrected chi connectivity index (χ3v) is 7.81. The molecular weight excluding hydrogens is 864 g/mol. The van der Waals surface area contributed by atoms with Gasteiger partial charge in [-0.05, 0) is 80.7 Å². The molecule has 0 fully saturated rings. The highest BCUT2D eigenvalue weighted by Gasteiger charge is 2.59. The van der Waals surface area contributed by atoms with E-state index in [1.165, 1.54) is 41.9 Å². The Morgan fingerprint density at radius 2 is 0.902 bits per heavy atom. The third-order valence-electron chi connectivity index (χ3n) is 7.81. The van der Waals surface area contributed by atoms with Crippen LogP contribution in [-0.2, 0) is 33.3 Å². The van der Waals surface area contributed by atoms with Gasteiger partial charge in [0.1, 0.15) is 16.8 Å². The van der Waals surface area contributed by atoms with Crippen LogP contribution in [0.2, 0.25) is 0 Å². The Bertz CT molecular complexity index is 1230. The van der Waals surface area contributed by atoms with Gasteiger partial charge in [0.15, 0.2) is 0 Å². The van der Waals surface area contributed by atoms with Gasteiger partial charge in [-0.1, -0.05) is 14.9 Å². The molecule has 2 unspecified atom stereocenters. The first-order valence-electron chi connectivity index (χ1n) is 17.6. The van der Waals surface area contributed by atoms with Crippen LogP contribution in [0.1, 0.15) is 89.0 Å². The highest BCUT2D eigenvalue weighted by Crippen LogP contribution is 2.37. The lowest BCUT2D eigenvalue weighted by Gasteiger charge is -2.30. The van der Waals surface area contributed by atoms with Gasteiger partial charge in [0.25, 0.3) is 11.8 Å². The number of aliphatic hydroxyl groups excluding tert-OH is 2. The largest absolute Gasteiger partial charge is 0.444 e. The van der Waals surface area contributed by atoms with E-state index in [0.717, 1.165) is 0 Å². The third kappa shape index (κ3) is 26.3. The van der Waals surface area contributed by atoms with E-state index in [-0.39, 0.29) is 53.6 Å². The van der Waals surface area contributed by atoms with Crippen molar-refractivity contribution in [2.75, 3.05) is 40.5 Å². The molecule has 368 valence electrons. The SMILES string of the molecule is C.C.COC(C)(C)C(=O)N[C@@H](CCCN)C(O)COC(C(F)(F)F)C(F)(F)F.COC(C)(C)C(=O)N[C@@H](CCCNC(=O)OC(C)(C)C)C(O)COC(C(F)(F)F)C(F)(F)F. The van der Waals surface area contributed by atoms with Crippen LogP contribution in [-0.4, -0.2) is 147 Å². The standard InChI is InChI=1S/C19H32F6N2O6.C14H24F6N2O4.2CH4/c1-16(2,3)33-15(30)26-9-7-8-11(27-14(29)17(4,5)31-6)12(28)10-32-13(18(20,21)22)19(23,24)25;1-12(2,25-3)11(24)22-8(5-4-6-21)9(23)7-26-10(13(15,16)17)14(18,19)20;;/h11-13,28H,7-10H2,1-6H3,(H,26,30)(H,27,29);8-10,23H,4-7,21H2,1-3H3,(H,22,24);2*1H4/t11-,12?;8-,9?;;/m00../s1. The Labute approximate surface area is 348 Å². The lowest BCUT2D eigenvalue weighted by Crippen LogP contribution is -2.53. The van der Waals surface area contributed by atoms with Crippen molar-refractivity contribution in [1.82, 2.24) is 16.0 Å². The summed E-state index contributed by atoms with van der Waals surface area (Å²) in [5.41, 5.74) is 1.84.